The highest BCUT2D eigenvalue weighted by molar-refractivity contribution is 5.71. The van der Waals surface area contributed by atoms with Gasteiger partial charge in [0.25, 0.3) is 0 Å². The summed E-state index contributed by atoms with van der Waals surface area (Å²) in [4.78, 5) is 38.3. The van der Waals surface area contributed by atoms with Crippen LogP contribution in [-0.2, 0) is 28.6 Å². The molecule has 0 aliphatic rings. The average Bonchev–Trinajstić information content (AvgIpc) is 3.43. The fraction of sp³-hybridized carbons (Fsp3) is 0.761. The SMILES string of the molecule is CC/C=C\C/C=C\C/C=C\C/C=C\CCCCCCCCCCCCCCCCC(=O)OCC(COC(=O)CCCCCCC/C=C\CCCCCCC)OC(=O)CCCCCCCCC/C=C\C/C=C\CCCCCC. The van der Waals surface area contributed by atoms with Gasteiger partial charge in [-0.3, -0.25) is 14.4 Å². The molecule has 0 radical (unpaired) electrons. The monoisotopic (exact) mass is 1070 g/mol. The number of hydrogen-bond acceptors (Lipinski definition) is 6. The second-order valence-corrected chi connectivity index (χ2v) is 22.0. The first-order valence-electron chi connectivity index (χ1n) is 33.1. The number of unbranched alkanes of at least 4 members (excludes halogenated alkanes) is 35. The van der Waals surface area contributed by atoms with Gasteiger partial charge < -0.3 is 14.2 Å². The van der Waals surface area contributed by atoms with E-state index in [0.717, 1.165) is 103 Å². The molecule has 0 bridgehead atoms. The van der Waals surface area contributed by atoms with E-state index in [1.165, 1.54) is 186 Å². The molecule has 1 unspecified atom stereocenters. The minimum absolute atomic E-state index is 0.0805. The molecule has 0 aromatic heterocycles. The molecule has 6 nitrogen and oxygen atoms in total. The van der Waals surface area contributed by atoms with Gasteiger partial charge in [-0.05, 0) is 116 Å². The molecule has 6 heteroatoms. The molecule has 0 spiro atoms. The van der Waals surface area contributed by atoms with Crippen LogP contribution in [0.3, 0.4) is 0 Å². The van der Waals surface area contributed by atoms with Gasteiger partial charge in [0, 0.05) is 19.3 Å². The van der Waals surface area contributed by atoms with Crippen molar-refractivity contribution in [2.24, 2.45) is 0 Å². The van der Waals surface area contributed by atoms with E-state index >= 15 is 0 Å². The van der Waals surface area contributed by atoms with Gasteiger partial charge in [-0.2, -0.15) is 0 Å². The normalized spacial score (nSPS) is 12.6. The minimum Gasteiger partial charge on any atom is -0.462 e. The molecule has 0 aromatic carbocycles. The molecule has 0 aromatic rings. The van der Waals surface area contributed by atoms with Gasteiger partial charge in [-0.1, -0.05) is 279 Å². The summed E-state index contributed by atoms with van der Waals surface area (Å²) in [5.74, 6) is -0.883. The van der Waals surface area contributed by atoms with Crippen molar-refractivity contribution < 1.29 is 28.6 Å². The van der Waals surface area contributed by atoms with Crippen LogP contribution in [0.2, 0.25) is 0 Å². The maximum absolute atomic E-state index is 12.9. The van der Waals surface area contributed by atoms with Gasteiger partial charge in [0.2, 0.25) is 0 Å². The summed E-state index contributed by atoms with van der Waals surface area (Å²) in [5.41, 5.74) is 0. The van der Waals surface area contributed by atoms with Crippen molar-refractivity contribution in [3.05, 3.63) is 85.1 Å². The maximum atomic E-state index is 12.9. The van der Waals surface area contributed by atoms with Gasteiger partial charge in [0.15, 0.2) is 6.10 Å². The Morgan fingerprint density at radius 2 is 0.506 bits per heavy atom. The third-order valence-electron chi connectivity index (χ3n) is 14.4. The Hall–Kier alpha value is -3.41. The minimum atomic E-state index is -0.785. The van der Waals surface area contributed by atoms with Gasteiger partial charge in [0.05, 0.1) is 0 Å². The lowest BCUT2D eigenvalue weighted by Gasteiger charge is -2.18. The molecule has 0 N–H and O–H groups in total. The molecule has 1 atom stereocenters. The molecule has 0 saturated carbocycles. The van der Waals surface area contributed by atoms with Crippen molar-refractivity contribution in [1.82, 2.24) is 0 Å². The van der Waals surface area contributed by atoms with Crippen molar-refractivity contribution in [2.75, 3.05) is 13.2 Å². The number of hydrogen-bond donors (Lipinski definition) is 0. The highest BCUT2D eigenvalue weighted by Gasteiger charge is 2.19. The lowest BCUT2D eigenvalue weighted by atomic mass is 10.0. The zero-order chi connectivity index (χ0) is 55.7. The summed E-state index contributed by atoms with van der Waals surface area (Å²) < 4.78 is 16.9. The number of esters is 3. The topological polar surface area (TPSA) is 78.9 Å². The zero-order valence-corrected chi connectivity index (χ0v) is 51.0. The Bertz CT molecular complexity index is 1470. The number of ether oxygens (including phenoxy) is 3. The van der Waals surface area contributed by atoms with E-state index < -0.39 is 6.10 Å². The van der Waals surface area contributed by atoms with E-state index in [1.54, 1.807) is 0 Å². The van der Waals surface area contributed by atoms with E-state index in [4.69, 9.17) is 14.2 Å². The largest absolute Gasteiger partial charge is 0.462 e. The first kappa shape index (κ1) is 73.6. The Kier molecular flexibility index (Phi) is 62.2. The summed E-state index contributed by atoms with van der Waals surface area (Å²) in [7, 11) is 0. The Morgan fingerprint density at radius 3 is 0.818 bits per heavy atom. The summed E-state index contributed by atoms with van der Waals surface area (Å²) in [6, 6.07) is 0. The quantitative estimate of drug-likeness (QED) is 0.0261. The van der Waals surface area contributed by atoms with Crippen molar-refractivity contribution in [1.29, 1.82) is 0 Å². The molecule has 0 aliphatic heterocycles. The van der Waals surface area contributed by atoms with Crippen molar-refractivity contribution in [3.8, 4) is 0 Å². The third kappa shape index (κ3) is 63.3. The fourth-order valence-corrected chi connectivity index (χ4v) is 9.40. The van der Waals surface area contributed by atoms with Crippen LogP contribution in [0.15, 0.2) is 85.1 Å². The molecular weight excluding hydrogens is 949 g/mol. The first-order chi connectivity index (χ1) is 38.0. The van der Waals surface area contributed by atoms with E-state index in [9.17, 15) is 14.4 Å². The smallest absolute Gasteiger partial charge is 0.306 e. The summed E-state index contributed by atoms with van der Waals surface area (Å²) >= 11 is 0. The highest BCUT2D eigenvalue weighted by Crippen LogP contribution is 2.17. The maximum Gasteiger partial charge on any atom is 0.306 e. The number of rotatable bonds is 60. The van der Waals surface area contributed by atoms with E-state index in [2.05, 4.69) is 106 Å². The van der Waals surface area contributed by atoms with Crippen LogP contribution in [0.5, 0.6) is 0 Å². The molecule has 0 heterocycles. The molecule has 0 rings (SSSR count). The lowest BCUT2D eigenvalue weighted by molar-refractivity contribution is -0.167. The Morgan fingerprint density at radius 1 is 0.273 bits per heavy atom. The molecular formula is C71H124O6. The van der Waals surface area contributed by atoms with Crippen LogP contribution in [0.1, 0.15) is 329 Å². The van der Waals surface area contributed by atoms with Crippen LogP contribution >= 0.6 is 0 Å². The van der Waals surface area contributed by atoms with E-state index in [0.29, 0.717) is 19.3 Å². The van der Waals surface area contributed by atoms with Crippen LogP contribution in [0.4, 0.5) is 0 Å². The Balaban J connectivity index is 4.29. The lowest BCUT2D eigenvalue weighted by Crippen LogP contribution is -2.30. The molecule has 0 fully saturated rings. The predicted molar refractivity (Wildman–Crippen MR) is 334 cm³/mol. The van der Waals surface area contributed by atoms with Crippen molar-refractivity contribution in [2.45, 2.75) is 335 Å². The molecule has 0 amide bonds. The molecule has 0 aliphatic carbocycles. The fourth-order valence-electron chi connectivity index (χ4n) is 9.40. The van der Waals surface area contributed by atoms with Crippen LogP contribution in [0.25, 0.3) is 0 Å². The number of carbonyl (C=O) groups excluding carboxylic acids is 3. The summed E-state index contributed by atoms with van der Waals surface area (Å²) in [5, 5.41) is 0. The zero-order valence-electron chi connectivity index (χ0n) is 51.0. The number of allylic oxidation sites excluding steroid dienone is 14. The van der Waals surface area contributed by atoms with Gasteiger partial charge in [0.1, 0.15) is 13.2 Å². The molecule has 0 saturated heterocycles. The van der Waals surface area contributed by atoms with Gasteiger partial charge >= 0.3 is 17.9 Å². The second-order valence-electron chi connectivity index (χ2n) is 22.0. The average molecular weight is 1070 g/mol. The summed E-state index contributed by atoms with van der Waals surface area (Å²) in [6.07, 6.45) is 85.9. The van der Waals surface area contributed by atoms with Crippen molar-refractivity contribution >= 4 is 17.9 Å². The second kappa shape index (κ2) is 65.1. The summed E-state index contributed by atoms with van der Waals surface area (Å²) in [6.45, 7) is 6.52. The Labute approximate surface area is 477 Å². The van der Waals surface area contributed by atoms with Crippen LogP contribution < -0.4 is 0 Å². The number of carbonyl (C=O) groups is 3. The van der Waals surface area contributed by atoms with E-state index in [1.807, 2.05) is 0 Å². The molecule has 77 heavy (non-hydrogen) atoms. The first-order valence-corrected chi connectivity index (χ1v) is 33.1. The predicted octanol–water partition coefficient (Wildman–Crippen LogP) is 22.7. The van der Waals surface area contributed by atoms with Crippen LogP contribution in [0, 0.1) is 0 Å². The standard InChI is InChI=1S/C71H124O6/c1-4-7-10-13-16-19-22-25-28-30-32-33-34-35-36-37-38-39-40-42-43-46-49-52-55-58-61-64-70(73)76-67-68(66-75-69(72)63-60-57-54-51-48-45-27-24-21-18-15-12-9-6-3)77-71(74)65-62-59-56-53-50-47-44-41-31-29-26-23-20-17-14-11-8-5-2/h7,10,16,19-20,23-25,27-29,31-33,68H,4-6,8-9,11-15,17-18,21-22,26,30,34-67H2,1-3H3/b10-7-,19-16-,23-20-,27-24-,28-25-,31-29-,33-32-. The van der Waals surface area contributed by atoms with Crippen LogP contribution in [-0.4, -0.2) is 37.2 Å². The van der Waals surface area contributed by atoms with Gasteiger partial charge in [-0.25, -0.2) is 0 Å². The molecule has 444 valence electrons. The third-order valence-corrected chi connectivity index (χ3v) is 14.4. The van der Waals surface area contributed by atoms with E-state index in [-0.39, 0.29) is 31.1 Å². The van der Waals surface area contributed by atoms with Gasteiger partial charge in [-0.15, -0.1) is 0 Å². The highest BCUT2D eigenvalue weighted by atomic mass is 16.6. The van der Waals surface area contributed by atoms with Crippen molar-refractivity contribution in [3.63, 3.8) is 0 Å².